The minimum Gasteiger partial charge on any atom is -0.480 e. The Morgan fingerprint density at radius 1 is 1.64 bits per heavy atom. The summed E-state index contributed by atoms with van der Waals surface area (Å²) in [4.78, 5) is 20.6. The quantitative estimate of drug-likeness (QED) is 0.372. The third-order valence-corrected chi connectivity index (χ3v) is 0.968. The van der Waals surface area contributed by atoms with Gasteiger partial charge < -0.3 is 5.11 Å². The lowest BCUT2D eigenvalue weighted by atomic mass is 10.4. The summed E-state index contributed by atoms with van der Waals surface area (Å²) >= 11 is 0. The number of carboxylic acids is 1. The Bertz CT molecular complexity index is 179. The molecule has 0 unspecified atom stereocenters. The number of carbonyl (C=O) groups excluding carboxylic acids is 1. The van der Waals surface area contributed by atoms with Crippen molar-refractivity contribution in [3.05, 3.63) is 12.7 Å². The van der Waals surface area contributed by atoms with Gasteiger partial charge in [0.05, 0.1) is 0 Å². The van der Waals surface area contributed by atoms with E-state index in [0.29, 0.717) is 0 Å². The zero-order valence-electron chi connectivity index (χ0n) is 6.13. The maximum absolute atomic E-state index is 10.5. The topological polar surface area (TPSA) is 78.4 Å². The highest BCUT2D eigenvalue weighted by atomic mass is 16.4. The first-order valence-electron chi connectivity index (χ1n) is 2.98. The van der Waals surface area contributed by atoms with Crippen LogP contribution in [0, 0.1) is 0 Å². The first-order valence-corrected chi connectivity index (χ1v) is 2.98. The third-order valence-electron chi connectivity index (χ3n) is 0.968. The third kappa shape index (κ3) is 4.10. The second-order valence-electron chi connectivity index (χ2n) is 1.90. The lowest BCUT2D eigenvalue weighted by molar-refractivity contribution is -0.139. The summed E-state index contributed by atoms with van der Waals surface area (Å²) in [6.07, 6.45) is 1.04. The van der Waals surface area contributed by atoms with E-state index in [1.165, 1.54) is 6.92 Å². The lowest BCUT2D eigenvalue weighted by Gasteiger charge is -2.07. The van der Waals surface area contributed by atoms with Crippen molar-refractivity contribution in [1.82, 2.24) is 10.9 Å². The van der Waals surface area contributed by atoms with E-state index in [4.69, 9.17) is 5.11 Å². The van der Waals surface area contributed by atoms with Gasteiger partial charge in [0, 0.05) is 0 Å². The maximum Gasteiger partial charge on any atom is 0.322 e. The van der Waals surface area contributed by atoms with Crippen LogP contribution in [0.1, 0.15) is 6.92 Å². The van der Waals surface area contributed by atoms with Gasteiger partial charge in [-0.15, -0.1) is 0 Å². The van der Waals surface area contributed by atoms with Gasteiger partial charge in [0.1, 0.15) is 6.04 Å². The molecule has 0 fully saturated rings. The predicted octanol–water partition coefficient (Wildman–Crippen LogP) is -0.734. The number of aliphatic carboxylic acids is 1. The average molecular weight is 158 g/mol. The van der Waals surface area contributed by atoms with E-state index < -0.39 is 17.9 Å². The van der Waals surface area contributed by atoms with E-state index in [2.05, 4.69) is 17.4 Å². The van der Waals surface area contributed by atoms with Gasteiger partial charge in [0.25, 0.3) is 5.91 Å². The van der Waals surface area contributed by atoms with E-state index in [1.54, 1.807) is 0 Å². The number of hydrogen-bond donors (Lipinski definition) is 3. The molecule has 0 spiro atoms. The van der Waals surface area contributed by atoms with Crippen LogP contribution in [0.2, 0.25) is 0 Å². The van der Waals surface area contributed by atoms with Crippen LogP contribution in [0.15, 0.2) is 12.7 Å². The molecule has 0 rings (SSSR count). The Hall–Kier alpha value is -1.36. The van der Waals surface area contributed by atoms with Crippen molar-refractivity contribution in [2.24, 2.45) is 0 Å². The monoisotopic (exact) mass is 158 g/mol. The largest absolute Gasteiger partial charge is 0.480 e. The van der Waals surface area contributed by atoms with Gasteiger partial charge in [-0.3, -0.25) is 15.0 Å². The van der Waals surface area contributed by atoms with Crippen LogP contribution in [0.5, 0.6) is 0 Å². The van der Waals surface area contributed by atoms with Crippen molar-refractivity contribution in [3.8, 4) is 0 Å². The van der Waals surface area contributed by atoms with Crippen molar-refractivity contribution in [2.75, 3.05) is 0 Å². The number of hydrazine groups is 1. The molecule has 0 aliphatic carbocycles. The average Bonchev–Trinajstić information content (AvgIpc) is 1.99. The van der Waals surface area contributed by atoms with Crippen LogP contribution in [0.4, 0.5) is 0 Å². The number of amides is 1. The van der Waals surface area contributed by atoms with E-state index in [9.17, 15) is 9.59 Å². The molecule has 3 N–H and O–H groups in total. The predicted molar refractivity (Wildman–Crippen MR) is 38.6 cm³/mol. The lowest BCUT2D eigenvalue weighted by Crippen LogP contribution is -2.45. The molecule has 0 aromatic rings. The molecule has 0 saturated heterocycles. The van der Waals surface area contributed by atoms with Gasteiger partial charge in [-0.1, -0.05) is 6.58 Å². The SMILES string of the molecule is C=CC(=O)NN[C@@H](C)C(=O)O. The minimum absolute atomic E-state index is 0.460. The molecule has 0 aliphatic rings. The number of rotatable bonds is 4. The maximum atomic E-state index is 10.5. The summed E-state index contributed by atoms with van der Waals surface area (Å²) < 4.78 is 0. The molecule has 62 valence electrons. The summed E-state index contributed by atoms with van der Waals surface area (Å²) in [6, 6.07) is -0.807. The molecule has 1 amide bonds. The second-order valence-corrected chi connectivity index (χ2v) is 1.90. The van der Waals surface area contributed by atoms with Crippen molar-refractivity contribution in [1.29, 1.82) is 0 Å². The highest BCUT2D eigenvalue weighted by Gasteiger charge is 2.09. The molecule has 11 heavy (non-hydrogen) atoms. The molecule has 0 aromatic heterocycles. The van der Waals surface area contributed by atoms with Gasteiger partial charge in [0.2, 0.25) is 0 Å². The van der Waals surface area contributed by atoms with Crippen molar-refractivity contribution in [2.45, 2.75) is 13.0 Å². The summed E-state index contributed by atoms with van der Waals surface area (Å²) in [5.74, 6) is -1.49. The van der Waals surface area contributed by atoms with E-state index in [-0.39, 0.29) is 0 Å². The Morgan fingerprint density at radius 2 is 2.18 bits per heavy atom. The highest BCUT2D eigenvalue weighted by molar-refractivity contribution is 5.86. The molecule has 0 radical (unpaired) electrons. The van der Waals surface area contributed by atoms with Gasteiger partial charge in [-0.2, -0.15) is 0 Å². The molecular weight excluding hydrogens is 148 g/mol. The molecule has 5 nitrogen and oxygen atoms in total. The van der Waals surface area contributed by atoms with Crippen molar-refractivity contribution >= 4 is 11.9 Å². The van der Waals surface area contributed by atoms with Crippen LogP contribution >= 0.6 is 0 Å². The fraction of sp³-hybridized carbons (Fsp3) is 0.333. The Morgan fingerprint density at radius 3 is 2.55 bits per heavy atom. The van der Waals surface area contributed by atoms with Gasteiger partial charge in [-0.05, 0) is 13.0 Å². The highest BCUT2D eigenvalue weighted by Crippen LogP contribution is 1.76. The molecule has 0 aromatic carbocycles. The minimum atomic E-state index is -1.03. The van der Waals surface area contributed by atoms with Crippen LogP contribution in [0.3, 0.4) is 0 Å². The molecule has 5 heteroatoms. The van der Waals surface area contributed by atoms with Crippen LogP contribution < -0.4 is 10.9 Å². The fourth-order valence-electron chi connectivity index (χ4n) is 0.292. The number of hydrogen-bond acceptors (Lipinski definition) is 3. The Kier molecular flexibility index (Phi) is 3.90. The van der Waals surface area contributed by atoms with Crippen molar-refractivity contribution < 1.29 is 14.7 Å². The number of nitrogens with one attached hydrogen (secondary N) is 2. The van der Waals surface area contributed by atoms with Gasteiger partial charge in [-0.25, -0.2) is 5.43 Å². The standard InChI is InChI=1S/C6H10N2O3/c1-3-5(9)8-7-4(2)6(10)11/h3-4,7H,1H2,2H3,(H,8,9)(H,10,11)/t4-/m0/s1. The molecule has 0 aliphatic heterocycles. The summed E-state index contributed by atoms with van der Waals surface area (Å²) in [7, 11) is 0. The van der Waals surface area contributed by atoms with E-state index in [0.717, 1.165) is 6.08 Å². The zero-order chi connectivity index (χ0) is 8.85. The summed E-state index contributed by atoms with van der Waals surface area (Å²) in [5.41, 5.74) is 4.39. The van der Waals surface area contributed by atoms with Gasteiger partial charge in [0.15, 0.2) is 0 Å². The smallest absolute Gasteiger partial charge is 0.322 e. The Balaban J connectivity index is 3.62. The molecule has 0 bridgehead atoms. The summed E-state index contributed by atoms with van der Waals surface area (Å²) in [5, 5.41) is 8.33. The van der Waals surface area contributed by atoms with E-state index >= 15 is 0 Å². The Labute approximate surface area is 64.1 Å². The first-order chi connectivity index (χ1) is 5.07. The van der Waals surface area contributed by atoms with Crippen LogP contribution in [-0.2, 0) is 9.59 Å². The zero-order valence-corrected chi connectivity index (χ0v) is 6.13. The van der Waals surface area contributed by atoms with E-state index in [1.807, 2.05) is 0 Å². The summed E-state index contributed by atoms with van der Waals surface area (Å²) in [6.45, 7) is 4.59. The van der Waals surface area contributed by atoms with Crippen molar-refractivity contribution in [3.63, 3.8) is 0 Å². The first kappa shape index (κ1) is 9.64. The van der Waals surface area contributed by atoms with Gasteiger partial charge >= 0.3 is 5.97 Å². The van der Waals surface area contributed by atoms with Crippen LogP contribution in [-0.4, -0.2) is 23.0 Å². The number of carbonyl (C=O) groups is 2. The molecule has 1 atom stereocenters. The molecular formula is C6H10N2O3. The number of carboxylic acid groups (broad SMARTS) is 1. The fourth-order valence-corrected chi connectivity index (χ4v) is 0.292. The second kappa shape index (κ2) is 4.45. The van der Waals surface area contributed by atoms with Crippen LogP contribution in [0.25, 0.3) is 0 Å². The normalized spacial score (nSPS) is 11.7. The molecule has 0 saturated carbocycles. The molecule has 0 heterocycles.